The van der Waals surface area contributed by atoms with Crippen molar-refractivity contribution in [2.24, 2.45) is 5.41 Å². The fourth-order valence-corrected chi connectivity index (χ4v) is 4.56. The van der Waals surface area contributed by atoms with Gasteiger partial charge in [-0.25, -0.2) is 0 Å². The first-order chi connectivity index (χ1) is 10.2. The maximum Gasteiger partial charge on any atom is 0.0664 e. The normalized spacial score (nSPS) is 29.3. The predicted octanol–water partition coefficient (Wildman–Crippen LogP) is 5.06. The van der Waals surface area contributed by atoms with Gasteiger partial charge in [0.05, 0.1) is 12.2 Å². The van der Waals surface area contributed by atoms with Gasteiger partial charge in [-0.05, 0) is 39.2 Å². The number of unbranched alkanes of at least 4 members (excludes halogenated alkanes) is 3. The molecule has 0 aliphatic heterocycles. The summed E-state index contributed by atoms with van der Waals surface area (Å²) in [5.74, 6) is 0. The Hall–Kier alpha value is -0.0800. The zero-order valence-electron chi connectivity index (χ0n) is 14.6. The Morgan fingerprint density at radius 3 is 2.52 bits per heavy atom. The molecule has 0 bridgehead atoms. The van der Waals surface area contributed by atoms with Gasteiger partial charge < -0.3 is 10.1 Å². The number of nitrogens with one attached hydrogen (secondary N) is 1. The van der Waals surface area contributed by atoms with Gasteiger partial charge in [-0.3, -0.25) is 0 Å². The lowest BCUT2D eigenvalue weighted by atomic mass is 9.55. The molecule has 2 saturated carbocycles. The van der Waals surface area contributed by atoms with Crippen LogP contribution in [0.4, 0.5) is 0 Å². The van der Waals surface area contributed by atoms with Crippen molar-refractivity contribution in [2.45, 2.75) is 110 Å². The maximum atomic E-state index is 6.50. The molecule has 0 aromatic rings. The highest BCUT2D eigenvalue weighted by molar-refractivity contribution is 5.09. The lowest BCUT2D eigenvalue weighted by Gasteiger charge is -2.58. The molecule has 3 unspecified atom stereocenters. The van der Waals surface area contributed by atoms with Crippen LogP contribution in [0.3, 0.4) is 0 Å². The van der Waals surface area contributed by atoms with E-state index in [2.05, 4.69) is 26.1 Å². The van der Waals surface area contributed by atoms with Gasteiger partial charge in [0, 0.05) is 11.5 Å². The van der Waals surface area contributed by atoms with Gasteiger partial charge in [-0.15, -0.1) is 0 Å². The van der Waals surface area contributed by atoms with Crippen LogP contribution in [0.15, 0.2) is 0 Å². The summed E-state index contributed by atoms with van der Waals surface area (Å²) < 4.78 is 6.50. The Morgan fingerprint density at radius 1 is 1.10 bits per heavy atom. The summed E-state index contributed by atoms with van der Waals surface area (Å²) in [6, 6.07) is 0.722. The van der Waals surface area contributed by atoms with E-state index in [-0.39, 0.29) is 0 Å². The minimum absolute atomic E-state index is 0.452. The molecular formula is C19H37NO. The summed E-state index contributed by atoms with van der Waals surface area (Å²) >= 11 is 0. The second-order valence-corrected chi connectivity index (χ2v) is 7.42. The lowest BCUT2D eigenvalue weighted by Crippen LogP contribution is -2.64. The summed E-state index contributed by atoms with van der Waals surface area (Å²) in [4.78, 5) is 0. The molecule has 124 valence electrons. The summed E-state index contributed by atoms with van der Waals surface area (Å²) in [6.07, 6.45) is 15.9. The first kappa shape index (κ1) is 17.3. The fourth-order valence-electron chi connectivity index (χ4n) is 4.56. The topological polar surface area (TPSA) is 21.3 Å². The maximum absolute atomic E-state index is 6.50. The third-order valence-electron chi connectivity index (χ3n) is 5.88. The SMILES string of the molecule is CCCCCCC(C)OC1CC(NCC)C12CCCCC2. The van der Waals surface area contributed by atoms with E-state index in [0.29, 0.717) is 17.6 Å². The molecule has 2 heteroatoms. The van der Waals surface area contributed by atoms with Gasteiger partial charge in [0.2, 0.25) is 0 Å². The molecule has 21 heavy (non-hydrogen) atoms. The molecule has 1 spiro atoms. The van der Waals surface area contributed by atoms with Crippen molar-refractivity contribution in [3.05, 3.63) is 0 Å². The largest absolute Gasteiger partial charge is 0.375 e. The second-order valence-electron chi connectivity index (χ2n) is 7.42. The molecule has 0 aromatic heterocycles. The molecule has 2 rings (SSSR count). The van der Waals surface area contributed by atoms with Crippen LogP contribution in [-0.4, -0.2) is 24.8 Å². The van der Waals surface area contributed by atoms with E-state index < -0.39 is 0 Å². The van der Waals surface area contributed by atoms with E-state index in [0.717, 1.165) is 12.6 Å². The van der Waals surface area contributed by atoms with Gasteiger partial charge >= 0.3 is 0 Å². The van der Waals surface area contributed by atoms with E-state index >= 15 is 0 Å². The first-order valence-corrected chi connectivity index (χ1v) is 9.61. The van der Waals surface area contributed by atoms with Crippen LogP contribution in [0, 0.1) is 5.41 Å². The number of rotatable bonds is 9. The van der Waals surface area contributed by atoms with E-state index in [4.69, 9.17) is 4.74 Å². The molecule has 0 saturated heterocycles. The first-order valence-electron chi connectivity index (χ1n) is 9.61. The van der Waals surface area contributed by atoms with Crippen LogP contribution in [0.2, 0.25) is 0 Å². The molecular weight excluding hydrogens is 258 g/mol. The van der Waals surface area contributed by atoms with Crippen molar-refractivity contribution < 1.29 is 4.74 Å². The molecule has 1 N–H and O–H groups in total. The van der Waals surface area contributed by atoms with Crippen LogP contribution in [0.5, 0.6) is 0 Å². The summed E-state index contributed by atoms with van der Waals surface area (Å²) in [5, 5.41) is 3.73. The second kappa shape index (κ2) is 8.53. The Balaban J connectivity index is 1.79. The van der Waals surface area contributed by atoms with Crippen molar-refractivity contribution in [2.75, 3.05) is 6.54 Å². The van der Waals surface area contributed by atoms with Gasteiger partial charge in [0.1, 0.15) is 0 Å². The molecule has 0 aromatic carbocycles. The minimum Gasteiger partial charge on any atom is -0.375 e. The van der Waals surface area contributed by atoms with Gasteiger partial charge in [0.15, 0.2) is 0 Å². The van der Waals surface area contributed by atoms with Crippen molar-refractivity contribution in [1.29, 1.82) is 0 Å². The smallest absolute Gasteiger partial charge is 0.0664 e. The standard InChI is InChI=1S/C19H37NO/c1-4-6-7-9-12-16(3)21-18-15-17(20-5-2)19(18)13-10-8-11-14-19/h16-18,20H,4-15H2,1-3H3. The minimum atomic E-state index is 0.452. The monoisotopic (exact) mass is 295 g/mol. The zero-order chi connectivity index (χ0) is 15.1. The third kappa shape index (κ3) is 4.22. The van der Waals surface area contributed by atoms with E-state index in [1.54, 1.807) is 0 Å². The fraction of sp³-hybridized carbons (Fsp3) is 1.00. The van der Waals surface area contributed by atoms with Crippen molar-refractivity contribution in [3.8, 4) is 0 Å². The van der Waals surface area contributed by atoms with Crippen molar-refractivity contribution in [1.82, 2.24) is 5.32 Å². The van der Waals surface area contributed by atoms with Crippen molar-refractivity contribution >= 4 is 0 Å². The van der Waals surface area contributed by atoms with Crippen LogP contribution >= 0.6 is 0 Å². The Labute approximate surface area is 132 Å². The Kier molecular flexibility index (Phi) is 7.01. The summed E-state index contributed by atoms with van der Waals surface area (Å²) in [7, 11) is 0. The van der Waals surface area contributed by atoms with Gasteiger partial charge in [-0.1, -0.05) is 58.8 Å². The quantitative estimate of drug-likeness (QED) is 0.600. The average molecular weight is 296 g/mol. The molecule has 2 fully saturated rings. The number of ether oxygens (including phenoxy) is 1. The highest BCUT2D eigenvalue weighted by Gasteiger charge is 2.55. The molecule has 0 radical (unpaired) electrons. The Bertz CT molecular complexity index is 285. The number of hydrogen-bond donors (Lipinski definition) is 1. The van der Waals surface area contributed by atoms with Crippen LogP contribution in [0.1, 0.15) is 91.4 Å². The van der Waals surface area contributed by atoms with Gasteiger partial charge in [-0.2, -0.15) is 0 Å². The predicted molar refractivity (Wildman–Crippen MR) is 90.7 cm³/mol. The van der Waals surface area contributed by atoms with Crippen LogP contribution < -0.4 is 5.32 Å². The van der Waals surface area contributed by atoms with Crippen LogP contribution in [0.25, 0.3) is 0 Å². The van der Waals surface area contributed by atoms with Crippen LogP contribution in [-0.2, 0) is 4.74 Å². The molecule has 3 atom stereocenters. The van der Waals surface area contributed by atoms with E-state index in [1.807, 2.05) is 0 Å². The van der Waals surface area contributed by atoms with Gasteiger partial charge in [0.25, 0.3) is 0 Å². The summed E-state index contributed by atoms with van der Waals surface area (Å²) in [5.41, 5.74) is 0.478. The average Bonchev–Trinajstić information content (AvgIpc) is 2.51. The van der Waals surface area contributed by atoms with E-state index in [1.165, 1.54) is 70.6 Å². The third-order valence-corrected chi connectivity index (χ3v) is 5.88. The van der Waals surface area contributed by atoms with Crippen molar-refractivity contribution in [3.63, 3.8) is 0 Å². The molecule has 2 aliphatic carbocycles. The van der Waals surface area contributed by atoms with E-state index in [9.17, 15) is 0 Å². The molecule has 0 heterocycles. The highest BCUT2D eigenvalue weighted by atomic mass is 16.5. The zero-order valence-corrected chi connectivity index (χ0v) is 14.6. The molecule has 2 aliphatic rings. The lowest BCUT2D eigenvalue weighted by molar-refractivity contribution is -0.174. The molecule has 0 amide bonds. The highest BCUT2D eigenvalue weighted by Crippen LogP contribution is 2.53. The Morgan fingerprint density at radius 2 is 1.86 bits per heavy atom. The summed E-state index contributed by atoms with van der Waals surface area (Å²) in [6.45, 7) is 7.91. The molecule has 2 nitrogen and oxygen atoms in total. The number of hydrogen-bond acceptors (Lipinski definition) is 2.